The Bertz CT molecular complexity index is 539. The van der Waals surface area contributed by atoms with Gasteiger partial charge < -0.3 is 0 Å². The van der Waals surface area contributed by atoms with E-state index in [-0.39, 0.29) is 0 Å². The van der Waals surface area contributed by atoms with E-state index in [0.29, 0.717) is 0 Å². The van der Waals surface area contributed by atoms with Crippen molar-refractivity contribution in [3.8, 4) is 11.3 Å². The van der Waals surface area contributed by atoms with Crippen LogP contribution in [0.25, 0.3) is 11.3 Å². The van der Waals surface area contributed by atoms with E-state index < -0.39 is 0 Å². The summed E-state index contributed by atoms with van der Waals surface area (Å²) in [6, 6.07) is 12.9. The van der Waals surface area contributed by atoms with Crippen LogP contribution in [-0.2, 0) is 0 Å². The highest BCUT2D eigenvalue weighted by atomic mass is 15.1. The third-order valence-corrected chi connectivity index (χ3v) is 4.06. The van der Waals surface area contributed by atoms with Crippen molar-refractivity contribution in [3.05, 3.63) is 47.7 Å². The summed E-state index contributed by atoms with van der Waals surface area (Å²) in [6.07, 6.45) is 6.82. The van der Waals surface area contributed by atoms with Crippen LogP contribution in [0.5, 0.6) is 0 Å². The molecule has 0 atom stereocenters. The molecule has 1 aliphatic carbocycles. The van der Waals surface area contributed by atoms with Crippen LogP contribution < -0.4 is 0 Å². The summed E-state index contributed by atoms with van der Waals surface area (Å²) in [7, 11) is 0. The van der Waals surface area contributed by atoms with Crippen LogP contribution in [0.4, 0.5) is 0 Å². The average molecular weight is 252 g/mol. The molecule has 0 spiro atoms. The van der Waals surface area contributed by atoms with Gasteiger partial charge in [-0.25, -0.2) is 0 Å². The number of nitrogens with zero attached hydrogens (tertiary/aromatic N) is 2. The first-order valence-electron chi connectivity index (χ1n) is 7.23. The van der Waals surface area contributed by atoms with Crippen molar-refractivity contribution in [1.82, 2.24) is 10.2 Å². The average Bonchev–Trinajstić information content (AvgIpc) is 2.49. The van der Waals surface area contributed by atoms with E-state index in [1.165, 1.54) is 43.2 Å². The highest BCUT2D eigenvalue weighted by molar-refractivity contribution is 5.59. The number of benzene rings is 1. The first-order chi connectivity index (χ1) is 9.33. The number of hydrogen-bond acceptors (Lipinski definition) is 2. The summed E-state index contributed by atoms with van der Waals surface area (Å²) in [5.41, 5.74) is 4.60. The van der Waals surface area contributed by atoms with Crippen molar-refractivity contribution in [3.63, 3.8) is 0 Å². The molecule has 0 N–H and O–H groups in total. The Morgan fingerprint density at radius 1 is 0.947 bits per heavy atom. The second kappa shape index (κ2) is 5.52. The predicted molar refractivity (Wildman–Crippen MR) is 78.0 cm³/mol. The van der Waals surface area contributed by atoms with Gasteiger partial charge in [0.15, 0.2) is 0 Å². The maximum Gasteiger partial charge on any atom is 0.0929 e. The zero-order valence-electron chi connectivity index (χ0n) is 11.5. The van der Waals surface area contributed by atoms with Gasteiger partial charge in [-0.1, -0.05) is 37.5 Å². The third kappa shape index (κ3) is 2.83. The van der Waals surface area contributed by atoms with Gasteiger partial charge in [0.05, 0.1) is 11.4 Å². The molecule has 0 saturated heterocycles. The van der Waals surface area contributed by atoms with Crippen LogP contribution in [-0.4, -0.2) is 10.2 Å². The predicted octanol–water partition coefficient (Wildman–Crippen LogP) is 4.50. The Labute approximate surface area is 114 Å². The highest BCUT2D eigenvalue weighted by Gasteiger charge is 2.15. The Morgan fingerprint density at radius 2 is 1.79 bits per heavy atom. The van der Waals surface area contributed by atoms with E-state index >= 15 is 0 Å². The molecule has 0 amide bonds. The van der Waals surface area contributed by atoms with E-state index in [9.17, 15) is 0 Å². The van der Waals surface area contributed by atoms with Gasteiger partial charge >= 0.3 is 0 Å². The van der Waals surface area contributed by atoms with Crippen LogP contribution >= 0.6 is 0 Å². The van der Waals surface area contributed by atoms with Crippen molar-refractivity contribution >= 4 is 0 Å². The zero-order valence-corrected chi connectivity index (χ0v) is 11.5. The number of aryl methyl sites for hydroxylation is 1. The molecule has 2 aromatic rings. The molecule has 3 rings (SSSR count). The van der Waals surface area contributed by atoms with Crippen LogP contribution in [0, 0.1) is 6.92 Å². The lowest BCUT2D eigenvalue weighted by Gasteiger charge is -2.22. The fraction of sp³-hybridized carbons (Fsp3) is 0.412. The van der Waals surface area contributed by atoms with Crippen molar-refractivity contribution in [2.45, 2.75) is 44.9 Å². The molecule has 98 valence electrons. The fourth-order valence-electron chi connectivity index (χ4n) is 2.94. The molecule has 2 heteroatoms. The quantitative estimate of drug-likeness (QED) is 0.786. The Morgan fingerprint density at radius 3 is 2.53 bits per heavy atom. The van der Waals surface area contributed by atoms with E-state index in [1.807, 2.05) is 13.0 Å². The van der Waals surface area contributed by atoms with Gasteiger partial charge in [-0.3, -0.25) is 0 Å². The third-order valence-electron chi connectivity index (χ3n) is 4.06. The maximum absolute atomic E-state index is 4.28. The van der Waals surface area contributed by atoms with Crippen molar-refractivity contribution < 1.29 is 0 Å². The smallest absolute Gasteiger partial charge is 0.0929 e. The Kier molecular flexibility index (Phi) is 3.58. The van der Waals surface area contributed by atoms with Crippen LogP contribution in [0.1, 0.15) is 49.3 Å². The minimum absolute atomic E-state index is 0.743. The number of rotatable bonds is 2. The van der Waals surface area contributed by atoms with E-state index in [4.69, 9.17) is 0 Å². The summed E-state index contributed by atoms with van der Waals surface area (Å²) in [4.78, 5) is 0. The molecule has 1 saturated carbocycles. The molecule has 1 heterocycles. The van der Waals surface area contributed by atoms with Gasteiger partial charge in [-0.05, 0) is 49.4 Å². The molecular weight excluding hydrogens is 232 g/mol. The first-order valence-corrected chi connectivity index (χ1v) is 7.23. The lowest BCUT2D eigenvalue weighted by atomic mass is 9.83. The van der Waals surface area contributed by atoms with Crippen LogP contribution in [0.3, 0.4) is 0 Å². The normalized spacial score (nSPS) is 16.5. The molecule has 0 bridgehead atoms. The molecule has 1 aromatic heterocycles. The maximum atomic E-state index is 4.28. The molecule has 0 unspecified atom stereocenters. The van der Waals surface area contributed by atoms with Gasteiger partial charge in [-0.15, -0.1) is 0 Å². The minimum Gasteiger partial charge on any atom is -0.155 e. The highest BCUT2D eigenvalue weighted by Crippen LogP contribution is 2.33. The van der Waals surface area contributed by atoms with Gasteiger partial charge in [-0.2, -0.15) is 10.2 Å². The summed E-state index contributed by atoms with van der Waals surface area (Å²) in [5.74, 6) is 0.743. The van der Waals surface area contributed by atoms with E-state index in [1.54, 1.807) is 0 Å². The first kappa shape index (κ1) is 12.3. The Balaban J connectivity index is 1.88. The summed E-state index contributed by atoms with van der Waals surface area (Å²) in [5, 5.41) is 8.43. The van der Waals surface area contributed by atoms with E-state index in [2.05, 4.69) is 40.5 Å². The monoisotopic (exact) mass is 252 g/mol. The summed E-state index contributed by atoms with van der Waals surface area (Å²) < 4.78 is 0. The number of hydrogen-bond donors (Lipinski definition) is 0. The van der Waals surface area contributed by atoms with Crippen LogP contribution in [0.2, 0.25) is 0 Å². The lowest BCUT2D eigenvalue weighted by molar-refractivity contribution is 0.443. The topological polar surface area (TPSA) is 25.8 Å². The van der Waals surface area contributed by atoms with Gasteiger partial charge in [0.25, 0.3) is 0 Å². The second-order valence-electron chi connectivity index (χ2n) is 5.52. The van der Waals surface area contributed by atoms with Crippen molar-refractivity contribution in [2.75, 3.05) is 0 Å². The standard InChI is InChI=1S/C17H20N2/c1-13-10-11-17(19-18-13)16-9-5-8-15(12-16)14-6-3-2-4-7-14/h5,8-12,14H,2-4,6-7H2,1H3. The Hall–Kier alpha value is -1.70. The van der Waals surface area contributed by atoms with Gasteiger partial charge in [0.2, 0.25) is 0 Å². The molecule has 2 nitrogen and oxygen atoms in total. The summed E-state index contributed by atoms with van der Waals surface area (Å²) in [6.45, 7) is 1.97. The van der Waals surface area contributed by atoms with Crippen molar-refractivity contribution in [2.24, 2.45) is 0 Å². The molecule has 1 fully saturated rings. The molecule has 19 heavy (non-hydrogen) atoms. The lowest BCUT2D eigenvalue weighted by Crippen LogP contribution is -2.04. The molecule has 0 radical (unpaired) electrons. The SMILES string of the molecule is Cc1ccc(-c2cccc(C3CCCCC3)c2)nn1. The van der Waals surface area contributed by atoms with Crippen LogP contribution in [0.15, 0.2) is 36.4 Å². The summed E-state index contributed by atoms with van der Waals surface area (Å²) >= 11 is 0. The van der Waals surface area contributed by atoms with Crippen molar-refractivity contribution in [1.29, 1.82) is 0 Å². The number of aromatic nitrogens is 2. The molecule has 1 aliphatic rings. The molecule has 0 aliphatic heterocycles. The molecular formula is C17H20N2. The second-order valence-corrected chi connectivity index (χ2v) is 5.52. The molecule has 1 aromatic carbocycles. The fourth-order valence-corrected chi connectivity index (χ4v) is 2.94. The minimum atomic E-state index is 0.743. The largest absolute Gasteiger partial charge is 0.155 e. The zero-order chi connectivity index (χ0) is 13.1. The van der Waals surface area contributed by atoms with E-state index in [0.717, 1.165) is 17.3 Å². The van der Waals surface area contributed by atoms with Gasteiger partial charge in [0, 0.05) is 5.56 Å². The van der Waals surface area contributed by atoms with Gasteiger partial charge in [0.1, 0.15) is 0 Å².